The Morgan fingerprint density at radius 1 is 1.00 bits per heavy atom. The summed E-state index contributed by atoms with van der Waals surface area (Å²) in [5, 5.41) is 0. The summed E-state index contributed by atoms with van der Waals surface area (Å²) in [6.45, 7) is 1.20. The molecule has 0 amide bonds. The molecule has 0 heterocycles. The first-order valence-electron chi connectivity index (χ1n) is 7.03. The predicted octanol–water partition coefficient (Wildman–Crippen LogP) is 3.65. The van der Waals surface area contributed by atoms with Crippen LogP contribution in [0.4, 0.5) is 0 Å². The standard InChI is InChI=1S/C18H21NO2/c1-20-18(17-11-6-3-7-12-17)13-8-14-21-19-15-16-9-4-2-5-10-16/h2-13,18-19H,14-15H2,1H3/b13-8+. The Bertz CT molecular complexity index is 525. The first-order chi connectivity index (χ1) is 10.4. The lowest BCUT2D eigenvalue weighted by Crippen LogP contribution is -2.14. The van der Waals surface area contributed by atoms with Crippen molar-refractivity contribution in [2.75, 3.05) is 13.7 Å². The van der Waals surface area contributed by atoms with Crippen molar-refractivity contribution < 1.29 is 9.57 Å². The fraction of sp³-hybridized carbons (Fsp3) is 0.222. The average Bonchev–Trinajstić information content (AvgIpc) is 2.56. The quantitative estimate of drug-likeness (QED) is 0.456. The van der Waals surface area contributed by atoms with Gasteiger partial charge in [0.15, 0.2) is 0 Å². The van der Waals surface area contributed by atoms with Crippen LogP contribution in [-0.4, -0.2) is 13.7 Å². The number of rotatable bonds is 8. The van der Waals surface area contributed by atoms with E-state index in [-0.39, 0.29) is 6.10 Å². The van der Waals surface area contributed by atoms with E-state index in [4.69, 9.17) is 9.57 Å². The van der Waals surface area contributed by atoms with E-state index < -0.39 is 0 Å². The maximum absolute atomic E-state index is 5.45. The number of benzene rings is 2. The molecular weight excluding hydrogens is 262 g/mol. The highest BCUT2D eigenvalue weighted by Gasteiger charge is 2.04. The molecule has 0 radical (unpaired) electrons. The number of hydrogen-bond donors (Lipinski definition) is 1. The molecule has 110 valence electrons. The van der Waals surface area contributed by atoms with Gasteiger partial charge in [-0.1, -0.05) is 72.8 Å². The lowest BCUT2D eigenvalue weighted by atomic mass is 10.1. The molecule has 21 heavy (non-hydrogen) atoms. The number of ether oxygens (including phenoxy) is 1. The highest BCUT2D eigenvalue weighted by Crippen LogP contribution is 2.17. The summed E-state index contributed by atoms with van der Waals surface area (Å²) in [5.74, 6) is 0. The van der Waals surface area contributed by atoms with Crippen molar-refractivity contribution in [3.05, 3.63) is 83.9 Å². The Morgan fingerprint density at radius 3 is 2.33 bits per heavy atom. The fourth-order valence-electron chi connectivity index (χ4n) is 1.98. The van der Waals surface area contributed by atoms with Gasteiger partial charge in [0, 0.05) is 13.7 Å². The Kier molecular flexibility index (Phi) is 6.68. The first kappa shape index (κ1) is 15.4. The van der Waals surface area contributed by atoms with Gasteiger partial charge >= 0.3 is 0 Å². The average molecular weight is 283 g/mol. The summed E-state index contributed by atoms with van der Waals surface area (Å²) in [7, 11) is 1.70. The molecule has 2 rings (SSSR count). The number of hydroxylamine groups is 1. The second-order valence-corrected chi connectivity index (χ2v) is 4.61. The van der Waals surface area contributed by atoms with Crippen molar-refractivity contribution in [1.29, 1.82) is 0 Å². The Labute approximate surface area is 126 Å². The second-order valence-electron chi connectivity index (χ2n) is 4.61. The van der Waals surface area contributed by atoms with E-state index in [1.165, 1.54) is 5.56 Å². The molecular formula is C18H21NO2. The Balaban J connectivity index is 1.70. The summed E-state index contributed by atoms with van der Waals surface area (Å²) in [6, 6.07) is 20.3. The zero-order chi connectivity index (χ0) is 14.8. The molecule has 0 aliphatic rings. The smallest absolute Gasteiger partial charge is 0.100 e. The van der Waals surface area contributed by atoms with Gasteiger partial charge in [-0.15, -0.1) is 0 Å². The molecule has 1 N–H and O–H groups in total. The van der Waals surface area contributed by atoms with Crippen LogP contribution >= 0.6 is 0 Å². The molecule has 0 spiro atoms. The molecule has 3 heteroatoms. The van der Waals surface area contributed by atoms with Crippen molar-refractivity contribution in [1.82, 2.24) is 5.48 Å². The van der Waals surface area contributed by atoms with Gasteiger partial charge in [0.2, 0.25) is 0 Å². The molecule has 0 aliphatic heterocycles. The van der Waals surface area contributed by atoms with Crippen molar-refractivity contribution >= 4 is 0 Å². The minimum absolute atomic E-state index is 0.0380. The minimum Gasteiger partial charge on any atom is -0.373 e. The van der Waals surface area contributed by atoms with Crippen molar-refractivity contribution in [2.24, 2.45) is 0 Å². The van der Waals surface area contributed by atoms with Gasteiger partial charge < -0.3 is 4.74 Å². The van der Waals surface area contributed by atoms with Crippen LogP contribution in [0.3, 0.4) is 0 Å². The molecule has 0 saturated carbocycles. The molecule has 1 unspecified atom stereocenters. The molecule has 2 aromatic carbocycles. The van der Waals surface area contributed by atoms with E-state index in [9.17, 15) is 0 Å². The van der Waals surface area contributed by atoms with Gasteiger partial charge in [-0.3, -0.25) is 4.84 Å². The topological polar surface area (TPSA) is 30.5 Å². The van der Waals surface area contributed by atoms with E-state index in [0.717, 1.165) is 5.56 Å². The minimum atomic E-state index is -0.0380. The van der Waals surface area contributed by atoms with Crippen LogP contribution in [0.2, 0.25) is 0 Å². The zero-order valence-electron chi connectivity index (χ0n) is 12.2. The zero-order valence-corrected chi connectivity index (χ0v) is 12.2. The summed E-state index contributed by atoms with van der Waals surface area (Å²) in [5.41, 5.74) is 5.27. The number of nitrogens with one attached hydrogen (secondary N) is 1. The van der Waals surface area contributed by atoms with Crippen LogP contribution in [0.1, 0.15) is 17.2 Å². The van der Waals surface area contributed by atoms with E-state index >= 15 is 0 Å². The molecule has 0 aliphatic carbocycles. The molecule has 1 atom stereocenters. The highest BCUT2D eigenvalue weighted by molar-refractivity contribution is 5.21. The summed E-state index contributed by atoms with van der Waals surface area (Å²) >= 11 is 0. The highest BCUT2D eigenvalue weighted by atomic mass is 16.6. The fourth-order valence-corrected chi connectivity index (χ4v) is 1.98. The van der Waals surface area contributed by atoms with Crippen molar-refractivity contribution in [2.45, 2.75) is 12.6 Å². The Morgan fingerprint density at radius 2 is 1.67 bits per heavy atom. The van der Waals surface area contributed by atoms with Gasteiger partial charge in [0.1, 0.15) is 6.10 Å². The largest absolute Gasteiger partial charge is 0.373 e. The first-order valence-corrected chi connectivity index (χ1v) is 7.03. The van der Waals surface area contributed by atoms with E-state index in [1.807, 2.05) is 60.7 Å². The normalized spacial score (nSPS) is 12.6. The molecule has 0 aromatic heterocycles. The van der Waals surface area contributed by atoms with Crippen LogP contribution in [0.25, 0.3) is 0 Å². The molecule has 3 nitrogen and oxygen atoms in total. The monoisotopic (exact) mass is 283 g/mol. The third-order valence-electron chi connectivity index (χ3n) is 3.09. The van der Waals surface area contributed by atoms with Crippen LogP contribution < -0.4 is 5.48 Å². The third kappa shape index (κ3) is 5.52. The lowest BCUT2D eigenvalue weighted by molar-refractivity contribution is 0.0568. The van der Waals surface area contributed by atoms with Gasteiger partial charge in [0.05, 0.1) is 6.61 Å². The third-order valence-corrected chi connectivity index (χ3v) is 3.09. The molecule has 2 aromatic rings. The summed E-state index contributed by atoms with van der Waals surface area (Å²) < 4.78 is 5.45. The summed E-state index contributed by atoms with van der Waals surface area (Å²) in [4.78, 5) is 5.38. The molecule has 0 fully saturated rings. The van der Waals surface area contributed by atoms with Crippen molar-refractivity contribution in [3.8, 4) is 0 Å². The van der Waals surface area contributed by atoms with E-state index in [0.29, 0.717) is 13.2 Å². The van der Waals surface area contributed by atoms with E-state index in [1.54, 1.807) is 7.11 Å². The van der Waals surface area contributed by atoms with Crippen LogP contribution in [-0.2, 0) is 16.1 Å². The van der Waals surface area contributed by atoms with Gasteiger partial charge in [0.25, 0.3) is 0 Å². The second kappa shape index (κ2) is 9.08. The SMILES string of the molecule is COC(/C=C/CONCc1ccccc1)c1ccccc1. The van der Waals surface area contributed by atoms with Gasteiger partial charge in [-0.05, 0) is 11.1 Å². The number of methoxy groups -OCH3 is 1. The number of hydrogen-bond acceptors (Lipinski definition) is 3. The molecule has 0 saturated heterocycles. The maximum atomic E-state index is 5.45. The van der Waals surface area contributed by atoms with Crippen molar-refractivity contribution in [3.63, 3.8) is 0 Å². The molecule has 0 bridgehead atoms. The van der Waals surface area contributed by atoms with Gasteiger partial charge in [-0.2, -0.15) is 5.48 Å². The van der Waals surface area contributed by atoms with Gasteiger partial charge in [-0.25, -0.2) is 0 Å². The lowest BCUT2D eigenvalue weighted by Gasteiger charge is -2.11. The summed E-state index contributed by atoms with van der Waals surface area (Å²) in [6.07, 6.45) is 3.92. The van der Waals surface area contributed by atoms with E-state index in [2.05, 4.69) is 17.6 Å². The maximum Gasteiger partial charge on any atom is 0.100 e. The van der Waals surface area contributed by atoms with Crippen LogP contribution in [0.5, 0.6) is 0 Å². The Hall–Kier alpha value is -1.94. The predicted molar refractivity (Wildman–Crippen MR) is 84.6 cm³/mol. The van der Waals surface area contributed by atoms with Crippen LogP contribution in [0.15, 0.2) is 72.8 Å². The van der Waals surface area contributed by atoms with Crippen LogP contribution in [0, 0.1) is 0 Å².